The van der Waals surface area contributed by atoms with E-state index in [-0.39, 0.29) is 18.4 Å². The lowest BCUT2D eigenvalue weighted by Crippen LogP contribution is -2.26. The van der Waals surface area contributed by atoms with Crippen LogP contribution in [0.2, 0.25) is 0 Å². The van der Waals surface area contributed by atoms with E-state index in [4.69, 9.17) is 5.11 Å². The van der Waals surface area contributed by atoms with Crippen molar-refractivity contribution in [3.05, 3.63) is 28.2 Å². The van der Waals surface area contributed by atoms with Crippen molar-refractivity contribution in [1.29, 1.82) is 0 Å². The molecule has 0 aliphatic heterocycles. The van der Waals surface area contributed by atoms with Gasteiger partial charge in [-0.25, -0.2) is 0 Å². The molecule has 0 saturated heterocycles. The van der Waals surface area contributed by atoms with Gasteiger partial charge in [0.15, 0.2) is 0 Å². The van der Waals surface area contributed by atoms with Crippen molar-refractivity contribution in [3.63, 3.8) is 0 Å². The van der Waals surface area contributed by atoms with Crippen molar-refractivity contribution in [1.82, 2.24) is 5.32 Å². The van der Waals surface area contributed by atoms with Crippen molar-refractivity contribution in [3.8, 4) is 5.75 Å². The zero-order valence-electron chi connectivity index (χ0n) is 8.70. The predicted molar refractivity (Wildman–Crippen MR) is 63.8 cm³/mol. The summed E-state index contributed by atoms with van der Waals surface area (Å²) in [5, 5.41) is 21.7. The van der Waals surface area contributed by atoms with E-state index in [9.17, 15) is 5.11 Å². The predicted octanol–water partition coefficient (Wildman–Crippen LogP) is 2.02. The number of phenolic OH excluding ortho intramolecular Hbond substituents is 1. The van der Waals surface area contributed by atoms with Gasteiger partial charge in [0.25, 0.3) is 0 Å². The number of para-hydroxylation sites is 1. The number of hydrogen-bond acceptors (Lipinski definition) is 3. The van der Waals surface area contributed by atoms with Crippen LogP contribution in [-0.4, -0.2) is 22.9 Å². The Kier molecular flexibility index (Phi) is 5.08. The summed E-state index contributed by atoms with van der Waals surface area (Å²) in [6.07, 6.45) is 0.717. The molecule has 0 unspecified atom stereocenters. The Hall–Kier alpha value is -0.580. The lowest BCUT2D eigenvalue weighted by atomic mass is 10.2. The van der Waals surface area contributed by atoms with Gasteiger partial charge in [0.2, 0.25) is 0 Å². The maximum Gasteiger partial charge on any atom is 0.134 e. The van der Waals surface area contributed by atoms with Crippen LogP contribution in [-0.2, 0) is 6.54 Å². The van der Waals surface area contributed by atoms with Gasteiger partial charge >= 0.3 is 0 Å². The van der Waals surface area contributed by atoms with E-state index in [1.807, 2.05) is 19.1 Å². The molecular formula is C11H16BrNO2. The van der Waals surface area contributed by atoms with Gasteiger partial charge in [0.1, 0.15) is 5.75 Å². The quantitative estimate of drug-likeness (QED) is 0.770. The number of benzene rings is 1. The molecule has 1 aromatic rings. The summed E-state index contributed by atoms with van der Waals surface area (Å²) in [6.45, 7) is 2.79. The molecule has 0 aliphatic rings. The molecule has 0 aromatic heterocycles. The lowest BCUT2D eigenvalue weighted by Gasteiger charge is -2.13. The first-order chi connectivity index (χ1) is 7.15. The first-order valence-corrected chi connectivity index (χ1v) is 5.75. The van der Waals surface area contributed by atoms with Gasteiger partial charge in [-0.05, 0) is 35.3 Å². The Morgan fingerprint density at radius 2 is 2.20 bits per heavy atom. The normalized spacial score (nSPS) is 12.7. The van der Waals surface area contributed by atoms with Crippen LogP contribution >= 0.6 is 15.9 Å². The van der Waals surface area contributed by atoms with Crippen molar-refractivity contribution in [2.24, 2.45) is 0 Å². The summed E-state index contributed by atoms with van der Waals surface area (Å²) in [4.78, 5) is 0. The molecule has 0 bridgehead atoms. The number of aliphatic hydroxyl groups is 1. The summed E-state index contributed by atoms with van der Waals surface area (Å²) in [5.41, 5.74) is 0.856. The molecule has 0 amide bonds. The Labute approximate surface area is 98.3 Å². The minimum absolute atomic E-state index is 0.179. The third kappa shape index (κ3) is 3.81. The van der Waals surface area contributed by atoms with E-state index in [1.54, 1.807) is 6.07 Å². The second-order valence-electron chi connectivity index (χ2n) is 3.54. The topological polar surface area (TPSA) is 52.5 Å². The van der Waals surface area contributed by atoms with E-state index in [2.05, 4.69) is 21.2 Å². The van der Waals surface area contributed by atoms with Gasteiger partial charge in [-0.1, -0.05) is 12.1 Å². The minimum atomic E-state index is 0.179. The largest absolute Gasteiger partial charge is 0.506 e. The Morgan fingerprint density at radius 3 is 2.87 bits per heavy atom. The van der Waals surface area contributed by atoms with Crippen LogP contribution < -0.4 is 5.32 Å². The lowest BCUT2D eigenvalue weighted by molar-refractivity contribution is 0.268. The third-order valence-corrected chi connectivity index (χ3v) is 2.91. The molecular weight excluding hydrogens is 258 g/mol. The Balaban J connectivity index is 2.54. The zero-order chi connectivity index (χ0) is 11.3. The maximum atomic E-state index is 9.70. The molecule has 1 aromatic carbocycles. The molecule has 0 heterocycles. The van der Waals surface area contributed by atoms with E-state index in [0.29, 0.717) is 11.0 Å². The second kappa shape index (κ2) is 6.10. The molecule has 1 rings (SSSR count). The second-order valence-corrected chi connectivity index (χ2v) is 4.40. The van der Waals surface area contributed by atoms with Gasteiger partial charge in [0, 0.05) is 24.8 Å². The number of halogens is 1. The Bertz CT molecular complexity index is 317. The molecule has 3 N–H and O–H groups in total. The Morgan fingerprint density at radius 1 is 1.47 bits per heavy atom. The highest BCUT2D eigenvalue weighted by molar-refractivity contribution is 9.10. The minimum Gasteiger partial charge on any atom is -0.506 e. The summed E-state index contributed by atoms with van der Waals surface area (Å²) < 4.78 is 0.705. The number of phenols is 1. The average Bonchev–Trinajstić information content (AvgIpc) is 2.21. The SMILES string of the molecule is C[C@H](CCO)NCc1cccc(Br)c1O. The van der Waals surface area contributed by atoms with Crippen LogP contribution in [0.1, 0.15) is 18.9 Å². The van der Waals surface area contributed by atoms with Crippen LogP contribution in [0.25, 0.3) is 0 Å². The van der Waals surface area contributed by atoms with Gasteiger partial charge < -0.3 is 15.5 Å². The van der Waals surface area contributed by atoms with E-state index in [0.717, 1.165) is 12.0 Å². The third-order valence-electron chi connectivity index (χ3n) is 2.27. The number of aromatic hydroxyl groups is 1. The number of rotatable bonds is 5. The van der Waals surface area contributed by atoms with Crippen LogP contribution in [0.4, 0.5) is 0 Å². The van der Waals surface area contributed by atoms with Crippen LogP contribution in [0.3, 0.4) is 0 Å². The molecule has 1 atom stereocenters. The van der Waals surface area contributed by atoms with Crippen molar-refractivity contribution >= 4 is 15.9 Å². The highest BCUT2D eigenvalue weighted by Crippen LogP contribution is 2.27. The van der Waals surface area contributed by atoms with E-state index < -0.39 is 0 Å². The monoisotopic (exact) mass is 273 g/mol. The number of hydrogen-bond donors (Lipinski definition) is 3. The fraction of sp³-hybridized carbons (Fsp3) is 0.455. The van der Waals surface area contributed by atoms with Gasteiger partial charge in [-0.3, -0.25) is 0 Å². The molecule has 0 saturated carbocycles. The van der Waals surface area contributed by atoms with Crippen molar-refractivity contribution < 1.29 is 10.2 Å². The van der Waals surface area contributed by atoms with Gasteiger partial charge in [-0.2, -0.15) is 0 Å². The highest BCUT2D eigenvalue weighted by atomic mass is 79.9. The maximum absolute atomic E-state index is 9.70. The molecule has 3 nitrogen and oxygen atoms in total. The van der Waals surface area contributed by atoms with Crippen molar-refractivity contribution in [2.45, 2.75) is 25.9 Å². The van der Waals surface area contributed by atoms with Gasteiger partial charge in [0.05, 0.1) is 4.47 Å². The fourth-order valence-corrected chi connectivity index (χ4v) is 1.69. The number of nitrogens with one attached hydrogen (secondary N) is 1. The zero-order valence-corrected chi connectivity index (χ0v) is 10.3. The molecule has 0 fully saturated rings. The highest BCUT2D eigenvalue weighted by Gasteiger charge is 2.06. The van der Waals surface area contributed by atoms with Crippen molar-refractivity contribution in [2.75, 3.05) is 6.61 Å². The average molecular weight is 274 g/mol. The molecule has 15 heavy (non-hydrogen) atoms. The standard InChI is InChI=1S/C11H16BrNO2/c1-8(5-6-14)13-7-9-3-2-4-10(12)11(9)15/h2-4,8,13-15H,5-7H2,1H3/t8-/m1/s1. The van der Waals surface area contributed by atoms with Crippen LogP contribution in [0, 0.1) is 0 Å². The molecule has 0 aliphatic carbocycles. The smallest absolute Gasteiger partial charge is 0.134 e. The summed E-state index contributed by atoms with van der Waals surface area (Å²) >= 11 is 3.27. The fourth-order valence-electron chi connectivity index (χ4n) is 1.28. The first-order valence-electron chi connectivity index (χ1n) is 4.95. The molecule has 84 valence electrons. The van der Waals surface area contributed by atoms with E-state index >= 15 is 0 Å². The number of aliphatic hydroxyl groups excluding tert-OH is 1. The van der Waals surface area contributed by atoms with Crippen LogP contribution in [0.5, 0.6) is 5.75 Å². The van der Waals surface area contributed by atoms with Gasteiger partial charge in [-0.15, -0.1) is 0 Å². The van der Waals surface area contributed by atoms with E-state index in [1.165, 1.54) is 0 Å². The molecule has 4 heteroatoms. The molecule has 0 spiro atoms. The van der Waals surface area contributed by atoms with Crippen LogP contribution in [0.15, 0.2) is 22.7 Å². The summed E-state index contributed by atoms with van der Waals surface area (Å²) in [7, 11) is 0. The molecule has 0 radical (unpaired) electrons. The summed E-state index contributed by atoms with van der Waals surface area (Å²) in [6, 6.07) is 5.81. The summed E-state index contributed by atoms with van der Waals surface area (Å²) in [5.74, 6) is 0.279. The first kappa shape index (κ1) is 12.5.